The Morgan fingerprint density at radius 2 is 2.00 bits per heavy atom. The number of urea groups is 1. The van der Waals surface area contributed by atoms with Gasteiger partial charge in [0, 0.05) is 25.5 Å². The molecule has 1 atom stereocenters. The van der Waals surface area contributed by atoms with Crippen molar-refractivity contribution >= 4 is 17.6 Å². The maximum absolute atomic E-state index is 13.3. The number of benzene rings is 1. The zero-order valence-electron chi connectivity index (χ0n) is 11.6. The lowest BCUT2D eigenvalue weighted by Crippen LogP contribution is -2.37. The fourth-order valence-corrected chi connectivity index (χ4v) is 1.89. The van der Waals surface area contributed by atoms with Gasteiger partial charge in [0.1, 0.15) is 5.82 Å². The van der Waals surface area contributed by atoms with E-state index in [9.17, 15) is 14.3 Å². The molecule has 0 spiro atoms. The zero-order valence-corrected chi connectivity index (χ0v) is 12.3. The number of hydrogen-bond donors (Lipinski definition) is 3. The van der Waals surface area contributed by atoms with Gasteiger partial charge >= 0.3 is 6.03 Å². The number of aliphatic hydroxyl groups excluding tert-OH is 1. The van der Waals surface area contributed by atoms with E-state index in [0.717, 1.165) is 11.6 Å². The maximum atomic E-state index is 13.3. The molecule has 2 rings (SSSR count). The van der Waals surface area contributed by atoms with Crippen molar-refractivity contribution in [2.45, 2.75) is 12.6 Å². The van der Waals surface area contributed by atoms with Crippen LogP contribution in [0.1, 0.15) is 17.2 Å². The van der Waals surface area contributed by atoms with E-state index in [1.165, 1.54) is 12.1 Å². The summed E-state index contributed by atoms with van der Waals surface area (Å²) >= 11 is 5.57. The first-order valence-electron chi connectivity index (χ1n) is 6.60. The van der Waals surface area contributed by atoms with Gasteiger partial charge in [0.15, 0.2) is 0 Å². The van der Waals surface area contributed by atoms with Gasteiger partial charge in [-0.05, 0) is 35.4 Å². The van der Waals surface area contributed by atoms with Crippen molar-refractivity contribution in [2.24, 2.45) is 0 Å². The Labute approximate surface area is 132 Å². The van der Waals surface area contributed by atoms with E-state index in [2.05, 4.69) is 15.6 Å². The predicted octanol–water partition coefficient (Wildman–Crippen LogP) is 2.41. The molecular formula is C15H15ClFN3O2. The molecule has 0 aliphatic carbocycles. The van der Waals surface area contributed by atoms with Crippen LogP contribution in [0.5, 0.6) is 0 Å². The van der Waals surface area contributed by atoms with E-state index in [4.69, 9.17) is 11.6 Å². The molecule has 0 fully saturated rings. The van der Waals surface area contributed by atoms with Crippen LogP contribution < -0.4 is 10.6 Å². The number of carbonyl (C=O) groups excluding carboxylic acids is 1. The monoisotopic (exact) mass is 323 g/mol. The molecule has 116 valence electrons. The number of nitrogens with zero attached hydrogens (tertiary/aromatic N) is 1. The lowest BCUT2D eigenvalue weighted by molar-refractivity contribution is 0.172. The maximum Gasteiger partial charge on any atom is 0.315 e. The van der Waals surface area contributed by atoms with E-state index < -0.39 is 18.0 Å². The van der Waals surface area contributed by atoms with Crippen molar-refractivity contribution in [1.29, 1.82) is 0 Å². The van der Waals surface area contributed by atoms with Crippen molar-refractivity contribution in [2.75, 3.05) is 6.54 Å². The first-order chi connectivity index (χ1) is 10.6. The molecule has 1 unspecified atom stereocenters. The second kappa shape index (κ2) is 7.72. The summed E-state index contributed by atoms with van der Waals surface area (Å²) in [7, 11) is 0. The van der Waals surface area contributed by atoms with E-state index in [1.807, 2.05) is 0 Å². The number of carbonyl (C=O) groups is 1. The molecule has 0 aliphatic heterocycles. The fraction of sp³-hybridized carbons (Fsp3) is 0.200. The van der Waals surface area contributed by atoms with E-state index in [1.54, 1.807) is 24.5 Å². The van der Waals surface area contributed by atoms with Gasteiger partial charge in [-0.2, -0.15) is 0 Å². The highest BCUT2D eigenvalue weighted by Gasteiger charge is 2.11. The Morgan fingerprint density at radius 1 is 1.27 bits per heavy atom. The Kier molecular flexibility index (Phi) is 5.68. The number of nitrogens with one attached hydrogen (secondary N) is 2. The Bertz CT molecular complexity index is 640. The van der Waals surface area contributed by atoms with E-state index in [-0.39, 0.29) is 11.6 Å². The summed E-state index contributed by atoms with van der Waals surface area (Å²) < 4.78 is 13.3. The van der Waals surface area contributed by atoms with Gasteiger partial charge in [0.25, 0.3) is 0 Å². The highest BCUT2D eigenvalue weighted by molar-refractivity contribution is 6.30. The summed E-state index contributed by atoms with van der Waals surface area (Å²) in [6.45, 7) is 0.309. The molecule has 0 saturated heterocycles. The number of aliphatic hydroxyl groups is 1. The molecule has 1 aromatic carbocycles. The summed E-state index contributed by atoms with van der Waals surface area (Å²) in [4.78, 5) is 15.5. The van der Waals surface area contributed by atoms with Crippen LogP contribution in [0.25, 0.3) is 0 Å². The lowest BCUT2D eigenvalue weighted by Gasteiger charge is -2.13. The molecule has 22 heavy (non-hydrogen) atoms. The summed E-state index contributed by atoms with van der Waals surface area (Å²) in [5.41, 5.74) is 1.25. The minimum Gasteiger partial charge on any atom is -0.387 e. The Balaban J connectivity index is 1.79. The fourth-order valence-electron chi connectivity index (χ4n) is 1.77. The van der Waals surface area contributed by atoms with Crippen molar-refractivity contribution in [1.82, 2.24) is 15.6 Å². The molecule has 0 saturated carbocycles. The smallest absolute Gasteiger partial charge is 0.315 e. The average molecular weight is 324 g/mol. The van der Waals surface area contributed by atoms with Crippen molar-refractivity contribution in [3.05, 3.63) is 64.7 Å². The third-order valence-corrected chi connectivity index (χ3v) is 3.29. The quantitative estimate of drug-likeness (QED) is 0.791. The molecule has 0 radical (unpaired) electrons. The van der Waals surface area contributed by atoms with Crippen LogP contribution in [0, 0.1) is 5.82 Å². The van der Waals surface area contributed by atoms with Gasteiger partial charge in [0.05, 0.1) is 11.1 Å². The molecule has 0 aliphatic rings. The predicted molar refractivity (Wildman–Crippen MR) is 80.8 cm³/mol. The SMILES string of the molecule is O=C(NCc1ccncc1)NCC(O)c1ccc(Cl)c(F)c1. The summed E-state index contributed by atoms with van der Waals surface area (Å²) in [6, 6.07) is 7.15. The van der Waals surface area contributed by atoms with Gasteiger partial charge in [-0.15, -0.1) is 0 Å². The zero-order chi connectivity index (χ0) is 15.9. The van der Waals surface area contributed by atoms with Gasteiger partial charge < -0.3 is 15.7 Å². The number of pyridine rings is 1. The van der Waals surface area contributed by atoms with Crippen molar-refractivity contribution in [3.63, 3.8) is 0 Å². The van der Waals surface area contributed by atoms with Gasteiger partial charge in [0.2, 0.25) is 0 Å². The van der Waals surface area contributed by atoms with Gasteiger partial charge in [-0.25, -0.2) is 9.18 Å². The average Bonchev–Trinajstić information content (AvgIpc) is 2.54. The van der Waals surface area contributed by atoms with Crippen LogP contribution in [-0.4, -0.2) is 22.7 Å². The number of hydrogen-bond acceptors (Lipinski definition) is 3. The minimum absolute atomic E-state index is 0.0148. The number of halogens is 2. The summed E-state index contributed by atoms with van der Waals surface area (Å²) in [5, 5.41) is 15.1. The van der Waals surface area contributed by atoms with Gasteiger partial charge in [-0.1, -0.05) is 17.7 Å². The molecule has 2 amide bonds. The van der Waals surface area contributed by atoms with Crippen molar-refractivity contribution in [3.8, 4) is 0 Å². The number of aromatic nitrogens is 1. The number of rotatable bonds is 5. The minimum atomic E-state index is -1.02. The molecule has 7 heteroatoms. The highest BCUT2D eigenvalue weighted by Crippen LogP contribution is 2.19. The topological polar surface area (TPSA) is 74.2 Å². The standard InChI is InChI=1S/C15H15ClFN3O2/c16-12-2-1-11(7-13(12)17)14(21)9-20-15(22)19-8-10-3-5-18-6-4-10/h1-7,14,21H,8-9H2,(H2,19,20,22). The second-order valence-corrected chi connectivity index (χ2v) is 5.02. The van der Waals surface area contributed by atoms with Crippen LogP contribution in [0.2, 0.25) is 5.02 Å². The van der Waals surface area contributed by atoms with Crippen molar-refractivity contribution < 1.29 is 14.3 Å². The molecular weight excluding hydrogens is 309 g/mol. The van der Waals surface area contributed by atoms with Crippen LogP contribution in [0.15, 0.2) is 42.7 Å². The first kappa shape index (κ1) is 16.2. The molecule has 1 heterocycles. The van der Waals surface area contributed by atoms with Gasteiger partial charge in [-0.3, -0.25) is 4.98 Å². The van der Waals surface area contributed by atoms with Crippen LogP contribution in [-0.2, 0) is 6.54 Å². The molecule has 1 aromatic heterocycles. The van der Waals surface area contributed by atoms with E-state index in [0.29, 0.717) is 12.1 Å². The largest absolute Gasteiger partial charge is 0.387 e. The number of amides is 2. The van der Waals surface area contributed by atoms with Crippen LogP contribution in [0.3, 0.4) is 0 Å². The Hall–Kier alpha value is -2.18. The molecule has 0 bridgehead atoms. The summed E-state index contributed by atoms with van der Waals surface area (Å²) in [5.74, 6) is -0.611. The third-order valence-electron chi connectivity index (χ3n) is 2.99. The first-order valence-corrected chi connectivity index (χ1v) is 6.97. The molecule has 2 aromatic rings. The van der Waals surface area contributed by atoms with Crippen LogP contribution >= 0.6 is 11.6 Å². The lowest BCUT2D eigenvalue weighted by atomic mass is 10.1. The Morgan fingerprint density at radius 3 is 2.68 bits per heavy atom. The van der Waals surface area contributed by atoms with E-state index >= 15 is 0 Å². The normalized spacial score (nSPS) is 11.8. The highest BCUT2D eigenvalue weighted by atomic mass is 35.5. The third kappa shape index (κ3) is 4.68. The molecule has 3 N–H and O–H groups in total. The van der Waals surface area contributed by atoms with Crippen LogP contribution in [0.4, 0.5) is 9.18 Å². The molecule has 5 nitrogen and oxygen atoms in total. The summed E-state index contributed by atoms with van der Waals surface area (Å²) in [6.07, 6.45) is 2.25. The second-order valence-electron chi connectivity index (χ2n) is 4.61.